The van der Waals surface area contributed by atoms with E-state index in [0.29, 0.717) is 33.2 Å². The average Bonchev–Trinajstić information content (AvgIpc) is 2.64. The molecule has 2 unspecified atom stereocenters. The third kappa shape index (κ3) is 2.44. The van der Waals surface area contributed by atoms with Crippen LogP contribution in [0.4, 0.5) is 5.69 Å². The monoisotopic (exact) mass is 318 g/mol. The quantitative estimate of drug-likeness (QED) is 0.815. The van der Waals surface area contributed by atoms with Gasteiger partial charge in [0.25, 0.3) is 0 Å². The zero-order chi connectivity index (χ0) is 13.6. The summed E-state index contributed by atoms with van der Waals surface area (Å²) >= 11 is 18.5. The van der Waals surface area contributed by atoms with Crippen LogP contribution in [0, 0.1) is 0 Å². The van der Waals surface area contributed by atoms with Crippen molar-refractivity contribution in [2.45, 2.75) is 43.8 Å². The molecule has 104 valence electrons. The van der Waals surface area contributed by atoms with Gasteiger partial charge in [0, 0.05) is 18.1 Å². The number of halogens is 3. The van der Waals surface area contributed by atoms with Gasteiger partial charge in [0.15, 0.2) is 0 Å². The fourth-order valence-corrected chi connectivity index (χ4v) is 4.15. The molecule has 2 aliphatic heterocycles. The lowest BCUT2D eigenvalue weighted by Gasteiger charge is -2.41. The molecule has 1 aromatic rings. The maximum Gasteiger partial charge on any atom is 0.0655 e. The Labute approximate surface area is 129 Å². The Hall–Kier alpha value is -0.150. The predicted octanol–water partition coefficient (Wildman–Crippen LogP) is 4.37. The van der Waals surface area contributed by atoms with Crippen molar-refractivity contribution < 1.29 is 0 Å². The minimum Gasteiger partial charge on any atom is -0.364 e. The van der Waals surface area contributed by atoms with Crippen molar-refractivity contribution in [1.82, 2.24) is 5.32 Å². The molecule has 0 saturated carbocycles. The molecule has 1 aromatic carbocycles. The second kappa shape index (κ2) is 5.33. The maximum atomic E-state index is 6.36. The molecule has 2 nitrogen and oxygen atoms in total. The Kier molecular flexibility index (Phi) is 3.87. The summed E-state index contributed by atoms with van der Waals surface area (Å²) < 4.78 is 0. The molecule has 1 N–H and O–H groups in total. The van der Waals surface area contributed by atoms with Gasteiger partial charge in [0.05, 0.1) is 20.8 Å². The summed E-state index contributed by atoms with van der Waals surface area (Å²) in [6.07, 6.45) is 4.81. The van der Waals surface area contributed by atoms with Crippen molar-refractivity contribution in [3.8, 4) is 0 Å². The number of anilines is 1. The summed E-state index contributed by atoms with van der Waals surface area (Å²) in [6.45, 7) is 0. The molecule has 2 saturated heterocycles. The van der Waals surface area contributed by atoms with E-state index < -0.39 is 0 Å². The van der Waals surface area contributed by atoms with Crippen LogP contribution in [0.25, 0.3) is 0 Å². The Morgan fingerprint density at radius 3 is 2.16 bits per heavy atom. The van der Waals surface area contributed by atoms with E-state index in [1.165, 1.54) is 25.7 Å². The third-order valence-corrected chi connectivity index (χ3v) is 5.43. The highest BCUT2D eigenvalue weighted by molar-refractivity contribution is 6.44. The Balaban J connectivity index is 1.93. The van der Waals surface area contributed by atoms with Gasteiger partial charge < -0.3 is 10.2 Å². The number of piperidine rings is 1. The first kappa shape index (κ1) is 13.8. The molecule has 0 spiro atoms. The second-order valence-corrected chi connectivity index (χ2v) is 6.69. The van der Waals surface area contributed by atoms with Gasteiger partial charge in [0.2, 0.25) is 0 Å². The van der Waals surface area contributed by atoms with Gasteiger partial charge in [-0.25, -0.2) is 0 Å². The molecule has 2 bridgehead atoms. The van der Waals surface area contributed by atoms with Gasteiger partial charge in [-0.1, -0.05) is 34.8 Å². The standard InChI is InChI=1S/C14H17Cl3N2/c1-18-8-4-9-2-3-10(5-8)19(9)14-7-12(16)11(15)6-13(14)17/h6-10,18H,2-5H2,1H3. The SMILES string of the molecule is CNC1CC2CCC(C1)N2c1cc(Cl)c(Cl)cc1Cl. The first-order valence-electron chi connectivity index (χ1n) is 6.70. The highest BCUT2D eigenvalue weighted by atomic mass is 35.5. The number of rotatable bonds is 2. The van der Waals surface area contributed by atoms with Crippen LogP contribution in [-0.2, 0) is 0 Å². The first-order valence-corrected chi connectivity index (χ1v) is 7.83. The summed E-state index contributed by atoms with van der Waals surface area (Å²) in [5.41, 5.74) is 1.04. The summed E-state index contributed by atoms with van der Waals surface area (Å²) in [4.78, 5) is 2.46. The van der Waals surface area contributed by atoms with Crippen LogP contribution in [0.15, 0.2) is 12.1 Å². The lowest BCUT2D eigenvalue weighted by atomic mass is 9.96. The molecule has 2 fully saturated rings. The highest BCUT2D eigenvalue weighted by Crippen LogP contribution is 2.44. The Morgan fingerprint density at radius 2 is 1.58 bits per heavy atom. The lowest BCUT2D eigenvalue weighted by Crippen LogP contribution is -2.48. The van der Waals surface area contributed by atoms with Crippen LogP contribution in [0.3, 0.4) is 0 Å². The molecule has 0 radical (unpaired) electrons. The molecule has 19 heavy (non-hydrogen) atoms. The third-order valence-electron chi connectivity index (χ3n) is 4.41. The van der Waals surface area contributed by atoms with E-state index >= 15 is 0 Å². The Morgan fingerprint density at radius 1 is 1.00 bits per heavy atom. The molecule has 2 heterocycles. The number of fused-ring (bicyclic) bond motifs is 2. The summed E-state index contributed by atoms with van der Waals surface area (Å²) in [7, 11) is 2.05. The van der Waals surface area contributed by atoms with E-state index in [0.717, 1.165) is 5.69 Å². The maximum absolute atomic E-state index is 6.36. The minimum absolute atomic E-state index is 0.521. The largest absolute Gasteiger partial charge is 0.364 e. The van der Waals surface area contributed by atoms with Crippen molar-refractivity contribution in [2.24, 2.45) is 0 Å². The van der Waals surface area contributed by atoms with Crippen LogP contribution in [0.5, 0.6) is 0 Å². The van der Waals surface area contributed by atoms with Gasteiger partial charge in [0.1, 0.15) is 0 Å². The number of hydrogen-bond donors (Lipinski definition) is 1. The smallest absolute Gasteiger partial charge is 0.0655 e. The number of hydrogen-bond acceptors (Lipinski definition) is 2. The first-order chi connectivity index (χ1) is 9.10. The topological polar surface area (TPSA) is 15.3 Å². The summed E-state index contributed by atoms with van der Waals surface area (Å²) in [5.74, 6) is 0. The van der Waals surface area contributed by atoms with Gasteiger partial charge >= 0.3 is 0 Å². The van der Waals surface area contributed by atoms with E-state index in [1.54, 1.807) is 6.07 Å². The van der Waals surface area contributed by atoms with Crippen molar-refractivity contribution in [1.29, 1.82) is 0 Å². The molecule has 0 aliphatic carbocycles. The van der Waals surface area contributed by atoms with Crippen molar-refractivity contribution >= 4 is 40.5 Å². The van der Waals surface area contributed by atoms with E-state index in [-0.39, 0.29) is 0 Å². The molecule has 2 aliphatic rings. The minimum atomic E-state index is 0.521. The summed E-state index contributed by atoms with van der Waals surface area (Å²) in [6, 6.07) is 5.41. The van der Waals surface area contributed by atoms with Gasteiger partial charge in [-0.3, -0.25) is 0 Å². The number of nitrogens with zero attached hydrogens (tertiary/aromatic N) is 1. The van der Waals surface area contributed by atoms with Crippen LogP contribution in [0.2, 0.25) is 15.1 Å². The van der Waals surface area contributed by atoms with Crippen molar-refractivity contribution in [2.75, 3.05) is 11.9 Å². The lowest BCUT2D eigenvalue weighted by molar-refractivity contribution is 0.374. The molecule has 0 amide bonds. The highest BCUT2D eigenvalue weighted by Gasteiger charge is 2.41. The van der Waals surface area contributed by atoms with E-state index in [1.807, 2.05) is 13.1 Å². The fraction of sp³-hybridized carbons (Fsp3) is 0.571. The predicted molar refractivity (Wildman–Crippen MR) is 82.8 cm³/mol. The fourth-order valence-electron chi connectivity index (χ4n) is 3.52. The normalized spacial score (nSPS) is 29.9. The Bertz CT molecular complexity index is 478. The van der Waals surface area contributed by atoms with Crippen LogP contribution >= 0.6 is 34.8 Å². The molecule has 0 aromatic heterocycles. The zero-order valence-corrected chi connectivity index (χ0v) is 13.1. The van der Waals surface area contributed by atoms with E-state index in [9.17, 15) is 0 Å². The summed E-state index contributed by atoms with van der Waals surface area (Å²) in [5, 5.41) is 5.21. The molecule has 5 heteroatoms. The van der Waals surface area contributed by atoms with Gasteiger partial charge in [-0.05, 0) is 44.9 Å². The van der Waals surface area contributed by atoms with Crippen molar-refractivity contribution in [3.05, 3.63) is 27.2 Å². The molecule has 3 rings (SSSR count). The number of benzene rings is 1. The van der Waals surface area contributed by atoms with E-state index in [2.05, 4.69) is 10.2 Å². The zero-order valence-electron chi connectivity index (χ0n) is 10.8. The van der Waals surface area contributed by atoms with Gasteiger partial charge in [-0.15, -0.1) is 0 Å². The second-order valence-electron chi connectivity index (χ2n) is 5.47. The number of nitrogens with one attached hydrogen (secondary N) is 1. The van der Waals surface area contributed by atoms with Crippen LogP contribution < -0.4 is 10.2 Å². The molecular weight excluding hydrogens is 303 g/mol. The van der Waals surface area contributed by atoms with Crippen molar-refractivity contribution in [3.63, 3.8) is 0 Å². The van der Waals surface area contributed by atoms with Gasteiger partial charge in [-0.2, -0.15) is 0 Å². The molecule has 2 atom stereocenters. The average molecular weight is 320 g/mol. The van der Waals surface area contributed by atoms with Crippen LogP contribution in [0.1, 0.15) is 25.7 Å². The van der Waals surface area contributed by atoms with E-state index in [4.69, 9.17) is 34.8 Å². The van der Waals surface area contributed by atoms with Crippen LogP contribution in [-0.4, -0.2) is 25.2 Å². The molecular formula is C14H17Cl3N2.